The van der Waals surface area contributed by atoms with Gasteiger partial charge >= 0.3 is 0 Å². The zero-order valence-corrected chi connectivity index (χ0v) is 17.3. The topological polar surface area (TPSA) is 95.6 Å². The highest BCUT2D eigenvalue weighted by Crippen LogP contribution is 2.18. The Morgan fingerprint density at radius 3 is 2.31 bits per heavy atom. The van der Waals surface area contributed by atoms with E-state index in [1.54, 1.807) is 25.1 Å². The van der Waals surface area contributed by atoms with E-state index in [0.29, 0.717) is 5.56 Å². The van der Waals surface area contributed by atoms with Crippen molar-refractivity contribution in [2.24, 2.45) is 0 Å². The van der Waals surface area contributed by atoms with Gasteiger partial charge in [-0.15, -0.1) is 0 Å². The maximum Gasteiger partial charge on any atom is 0.242 e. The molecule has 1 atom stereocenters. The number of carbonyl (C=O) groups is 2. The fourth-order valence-corrected chi connectivity index (χ4v) is 3.49. The predicted molar refractivity (Wildman–Crippen MR) is 107 cm³/mol. The van der Waals surface area contributed by atoms with Crippen molar-refractivity contribution in [3.05, 3.63) is 65.5 Å². The number of hydrogen-bond donors (Lipinski definition) is 2. The molecule has 0 saturated carbocycles. The molecule has 2 aromatic rings. The van der Waals surface area contributed by atoms with Gasteiger partial charge in [0.25, 0.3) is 0 Å². The van der Waals surface area contributed by atoms with Crippen LogP contribution in [0.15, 0.2) is 53.4 Å². The molecule has 2 rings (SSSR count). The van der Waals surface area contributed by atoms with E-state index in [2.05, 4.69) is 10.6 Å². The van der Waals surface area contributed by atoms with Crippen LogP contribution in [0.25, 0.3) is 0 Å². The Kier molecular flexibility index (Phi) is 7.46. The van der Waals surface area contributed by atoms with Crippen molar-refractivity contribution in [3.63, 3.8) is 0 Å². The number of amides is 2. The van der Waals surface area contributed by atoms with Crippen LogP contribution in [0.3, 0.4) is 0 Å². The normalized spacial score (nSPS) is 12.4. The number of rotatable bonds is 8. The summed E-state index contributed by atoms with van der Waals surface area (Å²) in [6.07, 6.45) is -0.0254. The third-order valence-electron chi connectivity index (χ3n) is 4.24. The summed E-state index contributed by atoms with van der Waals surface area (Å²) in [5, 5.41) is 5.22. The third kappa shape index (κ3) is 6.37. The van der Waals surface area contributed by atoms with Crippen molar-refractivity contribution in [3.8, 4) is 0 Å². The summed E-state index contributed by atoms with van der Waals surface area (Å²) in [5.74, 6) is -1.21. The fourth-order valence-electron chi connectivity index (χ4n) is 2.59. The molecule has 0 aromatic heterocycles. The standard InChI is InChI=1S/C20H24FN3O4S/c1-14(16-7-9-18(10-8-16)29(27,28)24(2)3)23-20(26)13-22-19(25)12-15-5-4-6-17(21)11-15/h4-11,14H,12-13H2,1-3H3,(H,22,25)(H,23,26). The molecular formula is C20H24FN3O4S. The summed E-state index contributed by atoms with van der Waals surface area (Å²) in [7, 11) is -0.608. The molecule has 0 fully saturated rings. The van der Waals surface area contributed by atoms with Gasteiger partial charge in [0.2, 0.25) is 21.8 Å². The zero-order chi connectivity index (χ0) is 21.6. The van der Waals surface area contributed by atoms with Crippen LogP contribution in [0.5, 0.6) is 0 Å². The van der Waals surface area contributed by atoms with Crippen LogP contribution < -0.4 is 10.6 Å². The molecule has 1 unspecified atom stereocenters. The maximum atomic E-state index is 13.1. The monoisotopic (exact) mass is 421 g/mol. The first-order valence-electron chi connectivity index (χ1n) is 8.92. The Morgan fingerprint density at radius 1 is 1.07 bits per heavy atom. The Morgan fingerprint density at radius 2 is 1.72 bits per heavy atom. The van der Waals surface area contributed by atoms with E-state index in [1.165, 1.54) is 44.4 Å². The van der Waals surface area contributed by atoms with Gasteiger partial charge in [-0.1, -0.05) is 24.3 Å². The number of hydrogen-bond acceptors (Lipinski definition) is 4. The van der Waals surface area contributed by atoms with Gasteiger partial charge in [-0.3, -0.25) is 9.59 Å². The van der Waals surface area contributed by atoms with Gasteiger partial charge in [-0.2, -0.15) is 0 Å². The van der Waals surface area contributed by atoms with E-state index in [4.69, 9.17) is 0 Å². The first kappa shape index (κ1) is 22.5. The van der Waals surface area contributed by atoms with E-state index >= 15 is 0 Å². The van der Waals surface area contributed by atoms with Crippen molar-refractivity contribution in [1.29, 1.82) is 0 Å². The minimum absolute atomic E-state index is 0.0254. The summed E-state index contributed by atoms with van der Waals surface area (Å²) < 4.78 is 38.4. The smallest absolute Gasteiger partial charge is 0.242 e. The molecule has 0 aliphatic carbocycles. The van der Waals surface area contributed by atoms with E-state index in [-0.39, 0.29) is 23.9 Å². The summed E-state index contributed by atoms with van der Waals surface area (Å²) in [5.41, 5.74) is 1.24. The number of nitrogens with zero attached hydrogens (tertiary/aromatic N) is 1. The van der Waals surface area contributed by atoms with Gasteiger partial charge in [0.05, 0.1) is 23.9 Å². The second-order valence-electron chi connectivity index (χ2n) is 6.73. The first-order valence-corrected chi connectivity index (χ1v) is 10.4. The average Bonchev–Trinajstić information content (AvgIpc) is 2.66. The van der Waals surface area contributed by atoms with Crippen LogP contribution in [0.1, 0.15) is 24.1 Å². The molecule has 2 N–H and O–H groups in total. The number of nitrogens with one attached hydrogen (secondary N) is 2. The molecule has 156 valence electrons. The van der Waals surface area contributed by atoms with Gasteiger partial charge in [0.15, 0.2) is 0 Å². The van der Waals surface area contributed by atoms with Gasteiger partial charge in [-0.25, -0.2) is 17.1 Å². The molecule has 0 saturated heterocycles. The molecule has 2 amide bonds. The zero-order valence-electron chi connectivity index (χ0n) is 16.5. The van der Waals surface area contributed by atoms with Crippen molar-refractivity contribution >= 4 is 21.8 Å². The highest BCUT2D eigenvalue weighted by atomic mass is 32.2. The highest BCUT2D eigenvalue weighted by Gasteiger charge is 2.18. The Balaban J connectivity index is 1.86. The van der Waals surface area contributed by atoms with Crippen molar-refractivity contribution < 1.29 is 22.4 Å². The van der Waals surface area contributed by atoms with Gasteiger partial charge in [-0.05, 0) is 42.3 Å². The lowest BCUT2D eigenvalue weighted by atomic mass is 10.1. The van der Waals surface area contributed by atoms with Gasteiger partial charge < -0.3 is 10.6 Å². The minimum Gasteiger partial charge on any atom is -0.348 e. The summed E-state index contributed by atoms with van der Waals surface area (Å²) >= 11 is 0. The summed E-state index contributed by atoms with van der Waals surface area (Å²) in [6, 6.07) is 11.5. The quantitative estimate of drug-likeness (QED) is 0.677. The minimum atomic E-state index is -3.51. The molecule has 7 nitrogen and oxygen atoms in total. The lowest BCUT2D eigenvalue weighted by Gasteiger charge is -2.16. The van der Waals surface area contributed by atoms with E-state index in [1.807, 2.05) is 0 Å². The summed E-state index contributed by atoms with van der Waals surface area (Å²) in [6.45, 7) is 1.54. The molecule has 0 spiro atoms. The fraction of sp³-hybridized carbons (Fsp3) is 0.300. The molecule has 29 heavy (non-hydrogen) atoms. The lowest BCUT2D eigenvalue weighted by Crippen LogP contribution is -2.38. The number of carbonyl (C=O) groups excluding carboxylic acids is 2. The molecule has 0 aliphatic rings. The summed E-state index contributed by atoms with van der Waals surface area (Å²) in [4.78, 5) is 24.1. The molecule has 0 radical (unpaired) electrons. The molecule has 0 aliphatic heterocycles. The third-order valence-corrected chi connectivity index (χ3v) is 6.07. The number of sulfonamides is 1. The number of halogens is 1. The van der Waals surface area contributed by atoms with E-state index in [9.17, 15) is 22.4 Å². The predicted octanol–water partition coefficient (Wildman–Crippen LogP) is 1.61. The van der Waals surface area contributed by atoms with Crippen LogP contribution in [0, 0.1) is 5.82 Å². The van der Waals surface area contributed by atoms with Crippen LogP contribution in [0.2, 0.25) is 0 Å². The van der Waals surface area contributed by atoms with Crippen LogP contribution in [0.4, 0.5) is 4.39 Å². The van der Waals surface area contributed by atoms with E-state index in [0.717, 1.165) is 9.87 Å². The average molecular weight is 421 g/mol. The molecule has 2 aromatic carbocycles. The van der Waals surface area contributed by atoms with Crippen LogP contribution in [-0.4, -0.2) is 45.2 Å². The Labute approximate surface area is 170 Å². The van der Waals surface area contributed by atoms with Crippen molar-refractivity contribution in [1.82, 2.24) is 14.9 Å². The number of benzene rings is 2. The largest absolute Gasteiger partial charge is 0.348 e. The first-order chi connectivity index (χ1) is 13.6. The van der Waals surface area contributed by atoms with Crippen molar-refractivity contribution in [2.75, 3.05) is 20.6 Å². The second-order valence-corrected chi connectivity index (χ2v) is 8.88. The van der Waals surface area contributed by atoms with Gasteiger partial charge in [0, 0.05) is 14.1 Å². The highest BCUT2D eigenvalue weighted by molar-refractivity contribution is 7.89. The van der Waals surface area contributed by atoms with Crippen LogP contribution >= 0.6 is 0 Å². The Bertz CT molecular complexity index is 975. The van der Waals surface area contributed by atoms with Gasteiger partial charge in [0.1, 0.15) is 5.82 Å². The second kappa shape index (κ2) is 9.62. The molecule has 9 heteroatoms. The molecule has 0 bridgehead atoms. The maximum absolute atomic E-state index is 13.1. The SMILES string of the molecule is CC(NC(=O)CNC(=O)Cc1cccc(F)c1)c1ccc(S(=O)(=O)N(C)C)cc1. The van der Waals surface area contributed by atoms with Crippen molar-refractivity contribution in [2.45, 2.75) is 24.3 Å². The molecular weight excluding hydrogens is 397 g/mol. The lowest BCUT2D eigenvalue weighted by molar-refractivity contribution is -0.126. The Hall–Kier alpha value is -2.78. The molecule has 0 heterocycles. The van der Waals surface area contributed by atoms with E-state index < -0.39 is 27.7 Å². The van der Waals surface area contributed by atoms with Crippen LogP contribution in [-0.2, 0) is 26.0 Å².